The van der Waals surface area contributed by atoms with Crippen molar-refractivity contribution in [2.24, 2.45) is 7.05 Å². The molecule has 2 aliphatic heterocycles. The number of hydrogen-bond acceptors (Lipinski definition) is 3. The lowest BCUT2D eigenvalue weighted by molar-refractivity contribution is -0.633. The van der Waals surface area contributed by atoms with Gasteiger partial charge in [0.15, 0.2) is 11.3 Å². The summed E-state index contributed by atoms with van der Waals surface area (Å²) in [6, 6.07) is 24.8. The molecular formula is C28H22BN2O3+. The van der Waals surface area contributed by atoms with Gasteiger partial charge in [0.25, 0.3) is 12.5 Å². The standard InChI is InChI=1S/C28H21BN2O3/c1-16-17(8-6-11-21(16)32-3)28-30-26-20(31(28)2)15-14-19-27(26)34-24-13-7-12-23-25(24)29(19)18-9-4-5-10-22(18)33-23/h4-15H,1-3H3/p+1. The summed E-state index contributed by atoms with van der Waals surface area (Å²) in [5, 5.41) is 0. The zero-order valence-electron chi connectivity index (χ0n) is 19.2. The van der Waals surface area contributed by atoms with Crippen LogP contribution in [0.2, 0.25) is 0 Å². The number of para-hydroxylation sites is 1. The van der Waals surface area contributed by atoms with E-state index in [1.165, 1.54) is 0 Å². The normalized spacial score (nSPS) is 13.0. The van der Waals surface area contributed by atoms with Gasteiger partial charge in [0.2, 0.25) is 5.52 Å². The van der Waals surface area contributed by atoms with Crippen LogP contribution in [0.5, 0.6) is 28.7 Å². The van der Waals surface area contributed by atoms with E-state index in [2.05, 4.69) is 53.9 Å². The Morgan fingerprint density at radius 3 is 2.44 bits per heavy atom. The SMILES string of the molecule is COc1cccc(-c2[nH]c3c4c(ccc3[n+]2C)B2c3ccccc3Oc3cccc(c32)O4)c1C. The van der Waals surface area contributed by atoms with Crippen LogP contribution >= 0.6 is 0 Å². The molecule has 2 aliphatic rings. The molecule has 0 saturated heterocycles. The molecule has 0 saturated carbocycles. The summed E-state index contributed by atoms with van der Waals surface area (Å²) >= 11 is 0. The molecule has 0 bridgehead atoms. The highest BCUT2D eigenvalue weighted by atomic mass is 16.5. The highest BCUT2D eigenvalue weighted by Gasteiger charge is 2.41. The van der Waals surface area contributed by atoms with Gasteiger partial charge >= 0.3 is 0 Å². The number of aromatic amines is 1. The van der Waals surface area contributed by atoms with Gasteiger partial charge in [-0.2, -0.15) is 0 Å². The number of rotatable bonds is 2. The summed E-state index contributed by atoms with van der Waals surface area (Å²) in [6.45, 7) is 2.14. The maximum absolute atomic E-state index is 6.58. The molecule has 4 aromatic carbocycles. The second-order valence-corrected chi connectivity index (χ2v) is 8.89. The average molecular weight is 445 g/mol. The molecule has 164 valence electrons. The molecule has 5 nitrogen and oxygen atoms in total. The largest absolute Gasteiger partial charge is 0.496 e. The Kier molecular flexibility index (Phi) is 3.92. The first-order valence-electron chi connectivity index (χ1n) is 11.4. The van der Waals surface area contributed by atoms with Crippen LogP contribution in [0, 0.1) is 6.92 Å². The van der Waals surface area contributed by atoms with Crippen molar-refractivity contribution in [1.82, 2.24) is 4.98 Å². The minimum Gasteiger partial charge on any atom is -0.496 e. The number of methoxy groups -OCH3 is 1. The van der Waals surface area contributed by atoms with E-state index in [0.717, 1.165) is 73.1 Å². The molecule has 1 N–H and O–H groups in total. The smallest absolute Gasteiger partial charge is 0.287 e. The molecular weight excluding hydrogens is 423 g/mol. The van der Waals surface area contributed by atoms with Crippen molar-refractivity contribution in [1.29, 1.82) is 0 Å². The predicted octanol–water partition coefficient (Wildman–Crippen LogP) is 3.70. The molecule has 3 heterocycles. The van der Waals surface area contributed by atoms with Gasteiger partial charge in [-0.3, -0.25) is 0 Å². The lowest BCUT2D eigenvalue weighted by Gasteiger charge is -2.32. The van der Waals surface area contributed by atoms with Gasteiger partial charge in [0.05, 0.1) is 19.7 Å². The van der Waals surface area contributed by atoms with Crippen LogP contribution in [-0.4, -0.2) is 18.8 Å². The first-order chi connectivity index (χ1) is 16.7. The summed E-state index contributed by atoms with van der Waals surface area (Å²) in [5.74, 6) is 5.34. The summed E-state index contributed by atoms with van der Waals surface area (Å²) in [4.78, 5) is 3.68. The third-order valence-electron chi connectivity index (χ3n) is 7.15. The van der Waals surface area contributed by atoms with E-state index in [-0.39, 0.29) is 6.71 Å². The quantitative estimate of drug-likeness (QED) is 0.326. The summed E-state index contributed by atoms with van der Waals surface area (Å²) < 4.78 is 20.6. The number of imidazole rings is 1. The van der Waals surface area contributed by atoms with Crippen LogP contribution in [0.25, 0.3) is 22.4 Å². The zero-order chi connectivity index (χ0) is 23.0. The summed E-state index contributed by atoms with van der Waals surface area (Å²) in [6.07, 6.45) is 0. The molecule has 0 radical (unpaired) electrons. The van der Waals surface area contributed by atoms with Gasteiger partial charge in [-0.15, -0.1) is 0 Å². The van der Waals surface area contributed by atoms with Crippen molar-refractivity contribution in [3.63, 3.8) is 0 Å². The highest BCUT2D eigenvalue weighted by Crippen LogP contribution is 2.37. The first kappa shape index (κ1) is 19.3. The Hall–Kier alpha value is -4.19. The monoisotopic (exact) mass is 445 g/mol. The Balaban J connectivity index is 1.50. The number of fused-ring (bicyclic) bond motifs is 6. The van der Waals surface area contributed by atoms with Crippen molar-refractivity contribution >= 4 is 34.1 Å². The number of nitrogens with zero attached hydrogens (tertiary/aromatic N) is 1. The molecule has 0 fully saturated rings. The third kappa shape index (κ3) is 2.48. The van der Waals surface area contributed by atoms with Crippen LogP contribution in [0.4, 0.5) is 0 Å². The topological polar surface area (TPSA) is 47.4 Å². The van der Waals surface area contributed by atoms with E-state index in [1.54, 1.807) is 7.11 Å². The zero-order valence-corrected chi connectivity index (χ0v) is 19.2. The average Bonchev–Trinajstić information content (AvgIpc) is 3.20. The van der Waals surface area contributed by atoms with E-state index in [1.807, 2.05) is 42.5 Å². The molecule has 6 heteroatoms. The van der Waals surface area contributed by atoms with E-state index >= 15 is 0 Å². The van der Waals surface area contributed by atoms with E-state index < -0.39 is 0 Å². The predicted molar refractivity (Wildman–Crippen MR) is 134 cm³/mol. The molecule has 0 atom stereocenters. The molecule has 5 aromatic rings. The van der Waals surface area contributed by atoms with Crippen LogP contribution in [0.3, 0.4) is 0 Å². The van der Waals surface area contributed by atoms with Crippen LogP contribution in [0.15, 0.2) is 72.8 Å². The first-order valence-corrected chi connectivity index (χ1v) is 11.4. The Morgan fingerprint density at radius 1 is 0.824 bits per heavy atom. The fourth-order valence-electron chi connectivity index (χ4n) is 5.49. The van der Waals surface area contributed by atoms with E-state index in [0.29, 0.717) is 0 Å². The van der Waals surface area contributed by atoms with Crippen molar-refractivity contribution in [2.45, 2.75) is 6.92 Å². The summed E-state index contributed by atoms with van der Waals surface area (Å²) in [5.41, 5.74) is 7.64. The van der Waals surface area contributed by atoms with Crippen molar-refractivity contribution in [3.8, 4) is 40.1 Å². The number of nitrogens with one attached hydrogen (secondary N) is 1. The second-order valence-electron chi connectivity index (χ2n) is 8.89. The fraction of sp³-hybridized carbons (Fsp3) is 0.107. The number of ether oxygens (including phenoxy) is 3. The number of aromatic nitrogens is 2. The molecule has 7 rings (SSSR count). The van der Waals surface area contributed by atoms with E-state index in [9.17, 15) is 0 Å². The molecule has 1 aromatic heterocycles. The maximum atomic E-state index is 6.58. The number of H-pyrrole nitrogens is 1. The van der Waals surface area contributed by atoms with Crippen molar-refractivity contribution in [2.75, 3.05) is 7.11 Å². The minimum atomic E-state index is 0.0555. The van der Waals surface area contributed by atoms with Crippen LogP contribution < -0.4 is 35.2 Å². The second kappa shape index (κ2) is 6.91. The number of aryl methyl sites for hydroxylation is 1. The molecule has 0 unspecified atom stereocenters. The van der Waals surface area contributed by atoms with E-state index in [4.69, 9.17) is 14.2 Å². The molecule has 34 heavy (non-hydrogen) atoms. The molecule has 0 aliphatic carbocycles. The number of hydrogen-bond donors (Lipinski definition) is 1. The molecule has 0 spiro atoms. The maximum Gasteiger partial charge on any atom is 0.287 e. The van der Waals surface area contributed by atoms with Gasteiger partial charge in [-0.1, -0.05) is 36.4 Å². The Morgan fingerprint density at radius 2 is 1.59 bits per heavy atom. The van der Waals surface area contributed by atoms with Gasteiger partial charge in [0, 0.05) is 11.0 Å². The third-order valence-corrected chi connectivity index (χ3v) is 7.15. The van der Waals surface area contributed by atoms with Gasteiger partial charge in [0.1, 0.15) is 23.0 Å². The van der Waals surface area contributed by atoms with Crippen molar-refractivity contribution in [3.05, 3.63) is 78.4 Å². The highest BCUT2D eigenvalue weighted by molar-refractivity contribution is 6.98. The molecule has 0 amide bonds. The van der Waals surface area contributed by atoms with Crippen LogP contribution in [-0.2, 0) is 7.05 Å². The Bertz CT molecular complexity index is 1640. The number of benzene rings is 4. The van der Waals surface area contributed by atoms with Gasteiger partial charge in [-0.05, 0) is 54.2 Å². The van der Waals surface area contributed by atoms with Crippen LogP contribution in [0.1, 0.15) is 5.56 Å². The minimum absolute atomic E-state index is 0.0555. The van der Waals surface area contributed by atoms with Gasteiger partial charge < -0.3 is 14.2 Å². The lowest BCUT2D eigenvalue weighted by Crippen LogP contribution is -2.57. The lowest BCUT2D eigenvalue weighted by atomic mass is 9.35. The Labute approximate surface area is 197 Å². The van der Waals surface area contributed by atoms with Crippen molar-refractivity contribution < 1.29 is 18.8 Å². The van der Waals surface area contributed by atoms with Gasteiger partial charge in [-0.25, -0.2) is 9.55 Å². The fourth-order valence-corrected chi connectivity index (χ4v) is 5.49. The summed E-state index contributed by atoms with van der Waals surface area (Å²) in [7, 11) is 3.79.